The lowest BCUT2D eigenvalue weighted by atomic mass is 9.86. The molecule has 2 nitrogen and oxygen atoms in total. The highest BCUT2D eigenvalue weighted by Gasteiger charge is 2.24. The van der Waals surface area contributed by atoms with Crippen molar-refractivity contribution >= 4 is 0 Å². The molecule has 1 unspecified atom stereocenters. The molecule has 1 aliphatic rings. The van der Waals surface area contributed by atoms with Gasteiger partial charge in [-0.1, -0.05) is 20.8 Å². The molecule has 1 rings (SSSR count). The minimum atomic E-state index is 0.396. The third-order valence-electron chi connectivity index (χ3n) is 2.09. The number of hydrogen-bond acceptors (Lipinski definition) is 2. The van der Waals surface area contributed by atoms with Gasteiger partial charge in [0.1, 0.15) is 0 Å². The van der Waals surface area contributed by atoms with Gasteiger partial charge in [-0.2, -0.15) is 0 Å². The molecule has 2 N–H and O–H groups in total. The van der Waals surface area contributed by atoms with E-state index < -0.39 is 0 Å². The van der Waals surface area contributed by atoms with Crippen LogP contribution in [0.5, 0.6) is 0 Å². The first kappa shape index (κ1) is 8.02. The average Bonchev–Trinajstić information content (AvgIpc) is 1.88. The highest BCUT2D eigenvalue weighted by molar-refractivity contribution is 4.85. The molecule has 60 valence electrons. The van der Waals surface area contributed by atoms with Gasteiger partial charge in [0, 0.05) is 25.7 Å². The van der Waals surface area contributed by atoms with Crippen LogP contribution in [-0.4, -0.2) is 25.7 Å². The first-order valence-corrected chi connectivity index (χ1v) is 4.05. The van der Waals surface area contributed by atoms with Gasteiger partial charge in [-0.05, 0) is 5.41 Å². The second-order valence-electron chi connectivity index (χ2n) is 4.08. The van der Waals surface area contributed by atoms with E-state index in [2.05, 4.69) is 31.4 Å². The molecule has 0 saturated carbocycles. The Morgan fingerprint density at radius 3 is 2.20 bits per heavy atom. The van der Waals surface area contributed by atoms with Crippen molar-refractivity contribution in [2.24, 2.45) is 5.41 Å². The van der Waals surface area contributed by atoms with Crippen molar-refractivity contribution in [1.29, 1.82) is 0 Å². The molecule has 1 aliphatic heterocycles. The molecule has 1 atom stereocenters. The van der Waals surface area contributed by atoms with Gasteiger partial charge < -0.3 is 10.6 Å². The monoisotopic (exact) mass is 142 g/mol. The summed E-state index contributed by atoms with van der Waals surface area (Å²) >= 11 is 0. The van der Waals surface area contributed by atoms with Crippen LogP contribution >= 0.6 is 0 Å². The van der Waals surface area contributed by atoms with Crippen LogP contribution in [0.1, 0.15) is 20.8 Å². The standard InChI is InChI=1S/C8H18N2/c1-8(2,3)7-6-9-4-5-10-7/h7,9-10H,4-6H2,1-3H3. The first-order chi connectivity index (χ1) is 4.61. The summed E-state index contributed by atoms with van der Waals surface area (Å²) in [5.41, 5.74) is 0.396. The van der Waals surface area contributed by atoms with Gasteiger partial charge in [-0.25, -0.2) is 0 Å². The lowest BCUT2D eigenvalue weighted by molar-refractivity contribution is 0.239. The van der Waals surface area contributed by atoms with Crippen molar-refractivity contribution in [3.05, 3.63) is 0 Å². The van der Waals surface area contributed by atoms with Crippen molar-refractivity contribution in [3.63, 3.8) is 0 Å². The van der Waals surface area contributed by atoms with E-state index in [1.807, 2.05) is 0 Å². The van der Waals surface area contributed by atoms with E-state index in [0.29, 0.717) is 11.5 Å². The molecular formula is C8H18N2. The van der Waals surface area contributed by atoms with E-state index in [1.165, 1.54) is 0 Å². The van der Waals surface area contributed by atoms with Crippen LogP contribution in [0, 0.1) is 5.41 Å². The Morgan fingerprint density at radius 2 is 1.90 bits per heavy atom. The molecule has 0 amide bonds. The molecule has 0 spiro atoms. The Morgan fingerprint density at radius 1 is 1.20 bits per heavy atom. The molecule has 0 aromatic rings. The van der Waals surface area contributed by atoms with Crippen molar-refractivity contribution in [2.45, 2.75) is 26.8 Å². The van der Waals surface area contributed by atoms with E-state index in [-0.39, 0.29) is 0 Å². The first-order valence-electron chi connectivity index (χ1n) is 4.05. The fourth-order valence-electron chi connectivity index (χ4n) is 1.27. The number of hydrogen-bond donors (Lipinski definition) is 2. The molecule has 10 heavy (non-hydrogen) atoms. The Bertz CT molecular complexity index is 98.3. The predicted molar refractivity (Wildman–Crippen MR) is 44.1 cm³/mol. The highest BCUT2D eigenvalue weighted by Crippen LogP contribution is 2.19. The molecule has 0 aromatic carbocycles. The molecule has 0 aromatic heterocycles. The summed E-state index contributed by atoms with van der Waals surface area (Å²) in [6.07, 6.45) is 0. The van der Waals surface area contributed by atoms with Crippen molar-refractivity contribution < 1.29 is 0 Å². The number of nitrogens with one attached hydrogen (secondary N) is 2. The fourth-order valence-corrected chi connectivity index (χ4v) is 1.27. The number of piperazine rings is 1. The van der Waals surface area contributed by atoms with Crippen LogP contribution in [0.3, 0.4) is 0 Å². The van der Waals surface area contributed by atoms with Gasteiger partial charge in [-0.15, -0.1) is 0 Å². The molecule has 0 bridgehead atoms. The van der Waals surface area contributed by atoms with Crippen molar-refractivity contribution in [2.75, 3.05) is 19.6 Å². The maximum absolute atomic E-state index is 3.50. The van der Waals surface area contributed by atoms with Gasteiger partial charge in [-0.3, -0.25) is 0 Å². The molecule has 2 heteroatoms. The zero-order valence-electron chi connectivity index (χ0n) is 7.20. The van der Waals surface area contributed by atoms with Crippen LogP contribution in [0.25, 0.3) is 0 Å². The summed E-state index contributed by atoms with van der Waals surface area (Å²) in [4.78, 5) is 0. The Labute approximate surface area is 63.4 Å². The van der Waals surface area contributed by atoms with Gasteiger partial charge in [0.25, 0.3) is 0 Å². The maximum Gasteiger partial charge on any atom is 0.0241 e. The normalized spacial score (nSPS) is 28.5. The van der Waals surface area contributed by atoms with Crippen molar-refractivity contribution in [1.82, 2.24) is 10.6 Å². The lowest BCUT2D eigenvalue weighted by Gasteiger charge is -2.35. The van der Waals surface area contributed by atoms with Crippen LogP contribution in [0.2, 0.25) is 0 Å². The summed E-state index contributed by atoms with van der Waals surface area (Å²) in [6, 6.07) is 0.640. The zero-order valence-corrected chi connectivity index (χ0v) is 7.20. The van der Waals surface area contributed by atoms with E-state index in [4.69, 9.17) is 0 Å². The molecule has 1 heterocycles. The number of rotatable bonds is 0. The predicted octanol–water partition coefficient (Wildman–Crippen LogP) is 0.594. The Hall–Kier alpha value is -0.0800. The van der Waals surface area contributed by atoms with Gasteiger partial charge in [0.05, 0.1) is 0 Å². The summed E-state index contributed by atoms with van der Waals surface area (Å²) in [5, 5.41) is 6.88. The van der Waals surface area contributed by atoms with Gasteiger partial charge in [0.2, 0.25) is 0 Å². The summed E-state index contributed by atoms with van der Waals surface area (Å²) in [6.45, 7) is 10.2. The summed E-state index contributed by atoms with van der Waals surface area (Å²) < 4.78 is 0. The second kappa shape index (κ2) is 2.89. The van der Waals surface area contributed by atoms with Crippen LogP contribution in [0.4, 0.5) is 0 Å². The molecule has 1 saturated heterocycles. The Kier molecular flexibility index (Phi) is 2.32. The largest absolute Gasteiger partial charge is 0.314 e. The minimum absolute atomic E-state index is 0.396. The average molecular weight is 142 g/mol. The van der Waals surface area contributed by atoms with Crippen LogP contribution in [-0.2, 0) is 0 Å². The van der Waals surface area contributed by atoms with E-state index in [0.717, 1.165) is 19.6 Å². The quantitative estimate of drug-likeness (QED) is 0.517. The zero-order chi connectivity index (χ0) is 7.61. The SMILES string of the molecule is CC(C)(C)C1CNCCN1. The minimum Gasteiger partial charge on any atom is -0.314 e. The molecule has 1 fully saturated rings. The topological polar surface area (TPSA) is 24.1 Å². The van der Waals surface area contributed by atoms with Crippen LogP contribution in [0.15, 0.2) is 0 Å². The third-order valence-corrected chi connectivity index (χ3v) is 2.09. The van der Waals surface area contributed by atoms with E-state index in [1.54, 1.807) is 0 Å². The lowest BCUT2D eigenvalue weighted by Crippen LogP contribution is -2.54. The third kappa shape index (κ3) is 1.96. The van der Waals surface area contributed by atoms with Crippen molar-refractivity contribution in [3.8, 4) is 0 Å². The molecular weight excluding hydrogens is 124 g/mol. The van der Waals surface area contributed by atoms with Gasteiger partial charge >= 0.3 is 0 Å². The molecule has 0 aliphatic carbocycles. The molecule has 0 radical (unpaired) electrons. The summed E-state index contributed by atoms with van der Waals surface area (Å²) in [5.74, 6) is 0. The van der Waals surface area contributed by atoms with Crippen LogP contribution < -0.4 is 10.6 Å². The maximum atomic E-state index is 3.50. The Balaban J connectivity index is 2.39. The summed E-state index contributed by atoms with van der Waals surface area (Å²) in [7, 11) is 0. The second-order valence-corrected chi connectivity index (χ2v) is 4.08. The van der Waals surface area contributed by atoms with E-state index >= 15 is 0 Å². The smallest absolute Gasteiger partial charge is 0.0241 e. The van der Waals surface area contributed by atoms with E-state index in [9.17, 15) is 0 Å². The van der Waals surface area contributed by atoms with Gasteiger partial charge in [0.15, 0.2) is 0 Å². The fraction of sp³-hybridized carbons (Fsp3) is 1.00. The highest BCUT2D eigenvalue weighted by atomic mass is 15.1.